The van der Waals surface area contributed by atoms with E-state index >= 15 is 0 Å². The predicted octanol–water partition coefficient (Wildman–Crippen LogP) is 3.87. The van der Waals surface area contributed by atoms with Crippen LogP contribution in [0.15, 0.2) is 11.5 Å². The van der Waals surface area contributed by atoms with Gasteiger partial charge in [-0.2, -0.15) is 24.9 Å². The number of hydrogen-bond donors (Lipinski definition) is 3. The van der Waals surface area contributed by atoms with Gasteiger partial charge in [0.1, 0.15) is 18.3 Å². The van der Waals surface area contributed by atoms with E-state index in [9.17, 15) is 27.9 Å². The van der Waals surface area contributed by atoms with E-state index < -0.39 is 49.8 Å². The van der Waals surface area contributed by atoms with E-state index in [0.717, 1.165) is 17.5 Å². The van der Waals surface area contributed by atoms with Crippen molar-refractivity contribution in [3.63, 3.8) is 0 Å². The number of ether oxygens (including phenoxy) is 1. The van der Waals surface area contributed by atoms with Gasteiger partial charge in [-0.25, -0.2) is 15.0 Å². The number of aliphatic hydroxyl groups excluding tert-OH is 2. The molecule has 2 aromatic rings. The Labute approximate surface area is 210 Å². The number of thioether (sulfide) groups is 2. The van der Waals surface area contributed by atoms with Crippen LogP contribution in [0.4, 0.5) is 19.0 Å². The molecule has 2 aromatic heterocycles. The number of nitrogens with zero attached hydrogens (tertiary/aromatic N) is 4. The Hall–Kier alpha value is -0.510. The highest BCUT2D eigenvalue weighted by atomic mass is 35.9. The number of rotatable bonds is 11. The van der Waals surface area contributed by atoms with E-state index in [1.165, 1.54) is 10.9 Å². The summed E-state index contributed by atoms with van der Waals surface area (Å²) in [6.07, 6.45) is -11.2. The fourth-order valence-electron chi connectivity index (χ4n) is 3.06. The lowest BCUT2D eigenvalue weighted by atomic mass is 10.1. The predicted molar refractivity (Wildman–Crippen MR) is 125 cm³/mol. The van der Waals surface area contributed by atoms with Crippen molar-refractivity contribution < 1.29 is 37.2 Å². The summed E-state index contributed by atoms with van der Waals surface area (Å²) in [7, 11) is 0. The number of alkyl halides is 3. The largest absolute Gasteiger partial charge is 0.389 e. The second kappa shape index (κ2) is 11.7. The third-order valence-electron chi connectivity index (χ3n) is 4.62. The van der Waals surface area contributed by atoms with Crippen molar-refractivity contribution in [3.8, 4) is 0 Å². The topological polar surface area (TPSA) is 132 Å². The van der Waals surface area contributed by atoms with Crippen LogP contribution < -0.4 is 5.32 Å². The van der Waals surface area contributed by atoms with Crippen LogP contribution in [0.2, 0.25) is 0 Å². The SMILES string of the molecule is CSCCNc1nc(SCCC(F)(F)F)nc2c1ncn2[C@@H]1O[C@H](COP(=O)(Cl)Cl)[C@@H](O)[C@H]1O. The van der Waals surface area contributed by atoms with Gasteiger partial charge in [-0.15, -0.1) is 0 Å². The highest BCUT2D eigenvalue weighted by Gasteiger charge is 2.45. The molecule has 0 saturated carbocycles. The van der Waals surface area contributed by atoms with Crippen molar-refractivity contribution in [3.05, 3.63) is 6.33 Å². The van der Waals surface area contributed by atoms with Crippen molar-refractivity contribution in [2.45, 2.75) is 42.3 Å². The zero-order chi connectivity index (χ0) is 25.1. The molecule has 0 unspecified atom stereocenters. The summed E-state index contributed by atoms with van der Waals surface area (Å²) in [6.45, 7) is 0.0606. The average molecular weight is 586 g/mol. The standard InChI is InChI=1S/C16H21Cl2F3N5O5PS2/c1-33-5-3-22-12-9-13(25-15(24-12)34-4-2-16(19,20)21)26(7-23-9)14-11(28)10(27)8(31-14)6-30-32(17,18)29/h7-8,10-11,14,27-28H,2-6H2,1H3,(H,22,24,25)/t8-,10-,11-,14-/m1/s1. The van der Waals surface area contributed by atoms with Crippen LogP contribution in [-0.2, 0) is 13.8 Å². The quantitative estimate of drug-likeness (QED) is 0.154. The van der Waals surface area contributed by atoms with Crippen LogP contribution in [0.1, 0.15) is 12.6 Å². The minimum Gasteiger partial charge on any atom is -0.387 e. The average Bonchev–Trinajstić information content (AvgIpc) is 3.27. The summed E-state index contributed by atoms with van der Waals surface area (Å²) in [6, 6.07) is 0. The van der Waals surface area contributed by atoms with Crippen molar-refractivity contribution in [2.24, 2.45) is 0 Å². The maximum Gasteiger partial charge on any atom is 0.389 e. The monoisotopic (exact) mass is 585 g/mol. The Morgan fingerprint density at radius 2 is 2.03 bits per heavy atom. The zero-order valence-corrected chi connectivity index (χ0v) is 21.5. The molecule has 0 aliphatic carbocycles. The summed E-state index contributed by atoms with van der Waals surface area (Å²) in [5.74, 6) is 0.766. The zero-order valence-electron chi connectivity index (χ0n) is 17.5. The Morgan fingerprint density at radius 1 is 1.29 bits per heavy atom. The Balaban J connectivity index is 1.89. The summed E-state index contributed by atoms with van der Waals surface area (Å²) in [5, 5.41) is 24.0. The fraction of sp³-hybridized carbons (Fsp3) is 0.688. The molecular formula is C16H21Cl2F3N5O5PS2. The first-order valence-electron chi connectivity index (χ1n) is 9.72. The molecule has 1 aliphatic rings. The van der Waals surface area contributed by atoms with E-state index in [4.69, 9.17) is 31.7 Å². The minimum absolute atomic E-state index is 0.0725. The molecule has 0 aromatic carbocycles. The molecule has 1 fully saturated rings. The third-order valence-corrected chi connectivity index (χ3v) is 7.11. The number of fused-ring (bicyclic) bond motifs is 1. The van der Waals surface area contributed by atoms with Gasteiger partial charge in [0.05, 0.1) is 19.4 Å². The molecule has 4 atom stereocenters. The number of hydrogen-bond acceptors (Lipinski definition) is 11. The van der Waals surface area contributed by atoms with Crippen molar-refractivity contribution in [1.82, 2.24) is 19.5 Å². The van der Waals surface area contributed by atoms with Crippen LogP contribution in [0.3, 0.4) is 0 Å². The van der Waals surface area contributed by atoms with Crippen LogP contribution in [-0.4, -0.2) is 85.1 Å². The van der Waals surface area contributed by atoms with E-state index in [0.29, 0.717) is 17.9 Å². The lowest BCUT2D eigenvalue weighted by molar-refractivity contribution is -0.129. The molecule has 0 bridgehead atoms. The Kier molecular flexibility index (Phi) is 9.65. The van der Waals surface area contributed by atoms with E-state index in [1.807, 2.05) is 6.26 Å². The molecular weight excluding hydrogens is 565 g/mol. The Bertz CT molecular complexity index is 1030. The second-order valence-corrected chi connectivity index (χ2v) is 13.4. The molecule has 3 N–H and O–H groups in total. The summed E-state index contributed by atoms with van der Waals surface area (Å²) in [4.78, 5) is 12.9. The normalized spacial score (nSPS) is 23.6. The lowest BCUT2D eigenvalue weighted by Gasteiger charge is -2.17. The van der Waals surface area contributed by atoms with Gasteiger partial charge in [-0.3, -0.25) is 9.13 Å². The maximum atomic E-state index is 12.6. The summed E-state index contributed by atoms with van der Waals surface area (Å²) >= 11 is 13.1. The van der Waals surface area contributed by atoms with E-state index in [-0.39, 0.29) is 16.6 Å². The summed E-state index contributed by atoms with van der Waals surface area (Å²) < 4.78 is 60.9. The number of aromatic nitrogens is 4. The molecule has 18 heteroatoms. The smallest absolute Gasteiger partial charge is 0.387 e. The number of anilines is 1. The third kappa shape index (κ3) is 7.50. The number of nitrogens with one attached hydrogen (secondary N) is 1. The second-order valence-electron chi connectivity index (χ2n) is 7.07. The molecule has 34 heavy (non-hydrogen) atoms. The number of aliphatic hydroxyl groups is 2. The van der Waals surface area contributed by atoms with Gasteiger partial charge >= 0.3 is 12.3 Å². The fourth-order valence-corrected chi connectivity index (χ4v) is 4.84. The molecule has 3 heterocycles. The van der Waals surface area contributed by atoms with Crippen molar-refractivity contribution >= 4 is 69.1 Å². The molecule has 3 rings (SSSR count). The number of imidazole rings is 1. The highest BCUT2D eigenvalue weighted by molar-refractivity contribution is 8.05. The lowest BCUT2D eigenvalue weighted by Crippen LogP contribution is -2.33. The van der Waals surface area contributed by atoms with Crippen LogP contribution in [0.5, 0.6) is 0 Å². The van der Waals surface area contributed by atoms with Crippen LogP contribution >= 0.6 is 52.1 Å². The molecule has 192 valence electrons. The molecule has 0 amide bonds. The first kappa shape index (κ1) is 28.1. The molecule has 0 radical (unpaired) electrons. The van der Waals surface area contributed by atoms with Crippen LogP contribution in [0, 0.1) is 0 Å². The summed E-state index contributed by atoms with van der Waals surface area (Å²) in [5.41, 5.74) is 0.478. The molecule has 10 nitrogen and oxygen atoms in total. The number of halogens is 5. The molecule has 1 aliphatic heterocycles. The van der Waals surface area contributed by atoms with Gasteiger partial charge in [-0.05, 0) is 28.7 Å². The van der Waals surface area contributed by atoms with E-state index in [2.05, 4.69) is 20.3 Å². The van der Waals surface area contributed by atoms with Crippen LogP contribution in [0.25, 0.3) is 11.2 Å². The Morgan fingerprint density at radius 3 is 2.68 bits per heavy atom. The van der Waals surface area contributed by atoms with Gasteiger partial charge in [-0.1, -0.05) is 11.8 Å². The first-order chi connectivity index (χ1) is 15.9. The van der Waals surface area contributed by atoms with Gasteiger partial charge in [0, 0.05) is 18.1 Å². The van der Waals surface area contributed by atoms with Gasteiger partial charge in [0.2, 0.25) is 0 Å². The van der Waals surface area contributed by atoms with Crippen molar-refractivity contribution in [1.29, 1.82) is 0 Å². The highest BCUT2D eigenvalue weighted by Crippen LogP contribution is 2.57. The van der Waals surface area contributed by atoms with Gasteiger partial charge in [0.15, 0.2) is 28.4 Å². The van der Waals surface area contributed by atoms with Gasteiger partial charge in [0.25, 0.3) is 0 Å². The first-order valence-corrected chi connectivity index (χ1v) is 15.5. The van der Waals surface area contributed by atoms with E-state index in [1.54, 1.807) is 11.8 Å². The van der Waals surface area contributed by atoms with Crippen molar-refractivity contribution in [2.75, 3.05) is 36.2 Å². The molecule has 1 saturated heterocycles. The van der Waals surface area contributed by atoms with Gasteiger partial charge < -0.3 is 24.8 Å². The maximum absolute atomic E-state index is 12.6. The molecule has 0 spiro atoms. The minimum atomic E-state index is -4.32.